The summed E-state index contributed by atoms with van der Waals surface area (Å²) >= 11 is 0. The lowest BCUT2D eigenvalue weighted by Gasteiger charge is -2.30. The largest absolute Gasteiger partial charge is 0.486 e. The van der Waals surface area contributed by atoms with E-state index in [1.165, 1.54) is 11.1 Å². The molecule has 1 heterocycles. The number of likely N-dealkylation sites (N-methyl/N-ethyl adjacent to an activating group) is 1. The number of hydrogen-bond acceptors (Lipinski definition) is 4. The summed E-state index contributed by atoms with van der Waals surface area (Å²) in [5.74, 6) is 1.48. The van der Waals surface area contributed by atoms with E-state index in [9.17, 15) is 4.79 Å². The number of nitrogens with zero attached hydrogens (tertiary/aromatic N) is 1. The van der Waals surface area contributed by atoms with Crippen LogP contribution >= 0.6 is 0 Å². The average molecular weight is 383 g/mol. The molecule has 2 aromatic rings. The van der Waals surface area contributed by atoms with E-state index in [0.29, 0.717) is 26.2 Å². The molecule has 1 amide bonds. The molecule has 5 nitrogen and oxygen atoms in total. The Balaban J connectivity index is 1.63. The Hall–Kier alpha value is -2.53. The number of carbonyl (C=O) groups excluding carboxylic acids is 1. The van der Waals surface area contributed by atoms with Gasteiger partial charge in [-0.2, -0.15) is 0 Å². The molecule has 0 fully saturated rings. The van der Waals surface area contributed by atoms with Crippen LogP contribution in [0.5, 0.6) is 11.5 Å². The highest BCUT2D eigenvalue weighted by atomic mass is 16.6. The van der Waals surface area contributed by atoms with Gasteiger partial charge in [0.15, 0.2) is 11.5 Å². The Labute approximate surface area is 167 Å². The molecule has 5 heteroatoms. The molecule has 0 saturated carbocycles. The molecule has 0 bridgehead atoms. The van der Waals surface area contributed by atoms with Gasteiger partial charge in [0.1, 0.15) is 13.2 Å². The van der Waals surface area contributed by atoms with Crippen LogP contribution in [-0.4, -0.2) is 43.7 Å². The lowest BCUT2D eigenvalue weighted by Crippen LogP contribution is -2.38. The van der Waals surface area contributed by atoms with Gasteiger partial charge >= 0.3 is 0 Å². The molecule has 3 rings (SSSR count). The van der Waals surface area contributed by atoms with Crippen molar-refractivity contribution >= 4 is 5.91 Å². The van der Waals surface area contributed by atoms with Crippen LogP contribution in [0, 0.1) is 6.92 Å². The van der Waals surface area contributed by atoms with Crippen LogP contribution in [0.15, 0.2) is 42.5 Å². The fraction of sp³-hybridized carbons (Fsp3) is 0.435. The SMILES string of the molecule is CCN(CC)C(CNC(=O)Cc1ccc2c(c1)OCCO2)c1ccc(C)cc1. The number of amides is 1. The lowest BCUT2D eigenvalue weighted by molar-refractivity contribution is -0.120. The van der Waals surface area contributed by atoms with Gasteiger partial charge in [-0.1, -0.05) is 49.7 Å². The smallest absolute Gasteiger partial charge is 0.224 e. The lowest BCUT2D eigenvalue weighted by atomic mass is 10.0. The van der Waals surface area contributed by atoms with Gasteiger partial charge in [0.2, 0.25) is 5.91 Å². The van der Waals surface area contributed by atoms with E-state index in [0.717, 1.165) is 30.2 Å². The first-order valence-electron chi connectivity index (χ1n) is 10.1. The zero-order valence-electron chi connectivity index (χ0n) is 17.0. The van der Waals surface area contributed by atoms with E-state index in [2.05, 4.69) is 55.3 Å². The van der Waals surface area contributed by atoms with Gasteiger partial charge in [-0.15, -0.1) is 0 Å². The molecule has 2 aromatic carbocycles. The van der Waals surface area contributed by atoms with Crippen LogP contribution < -0.4 is 14.8 Å². The highest BCUT2D eigenvalue weighted by Gasteiger charge is 2.19. The molecule has 1 N–H and O–H groups in total. The van der Waals surface area contributed by atoms with Crippen LogP contribution in [0.4, 0.5) is 0 Å². The summed E-state index contributed by atoms with van der Waals surface area (Å²) in [6, 6.07) is 14.4. The van der Waals surface area contributed by atoms with Crippen molar-refractivity contribution in [1.29, 1.82) is 0 Å². The van der Waals surface area contributed by atoms with Gasteiger partial charge < -0.3 is 14.8 Å². The molecule has 1 aliphatic rings. The molecule has 0 spiro atoms. The molecule has 0 aliphatic carbocycles. The van der Waals surface area contributed by atoms with Gasteiger partial charge in [-0.05, 0) is 43.3 Å². The van der Waals surface area contributed by atoms with E-state index < -0.39 is 0 Å². The molecule has 0 saturated heterocycles. The van der Waals surface area contributed by atoms with Crippen molar-refractivity contribution in [1.82, 2.24) is 10.2 Å². The maximum absolute atomic E-state index is 12.6. The minimum absolute atomic E-state index is 0.0148. The van der Waals surface area contributed by atoms with Crippen molar-refractivity contribution < 1.29 is 14.3 Å². The summed E-state index contributed by atoms with van der Waals surface area (Å²) in [6.07, 6.45) is 0.329. The van der Waals surface area contributed by atoms with Gasteiger partial charge in [0, 0.05) is 6.54 Å². The Kier molecular flexibility index (Phi) is 6.93. The average Bonchev–Trinajstić information content (AvgIpc) is 2.72. The highest BCUT2D eigenvalue weighted by Crippen LogP contribution is 2.30. The molecule has 1 unspecified atom stereocenters. The van der Waals surface area contributed by atoms with Crippen LogP contribution in [-0.2, 0) is 11.2 Å². The normalized spacial score (nSPS) is 14.0. The van der Waals surface area contributed by atoms with Crippen molar-refractivity contribution in [3.8, 4) is 11.5 Å². The van der Waals surface area contributed by atoms with Crippen molar-refractivity contribution in [3.63, 3.8) is 0 Å². The number of aryl methyl sites for hydroxylation is 1. The van der Waals surface area contributed by atoms with Crippen LogP contribution in [0.1, 0.15) is 36.6 Å². The summed E-state index contributed by atoms with van der Waals surface area (Å²) in [4.78, 5) is 14.9. The summed E-state index contributed by atoms with van der Waals surface area (Å²) in [7, 11) is 0. The highest BCUT2D eigenvalue weighted by molar-refractivity contribution is 5.78. The minimum Gasteiger partial charge on any atom is -0.486 e. The number of fused-ring (bicyclic) bond motifs is 1. The van der Waals surface area contributed by atoms with Gasteiger partial charge in [0.05, 0.1) is 12.5 Å². The zero-order valence-corrected chi connectivity index (χ0v) is 17.0. The van der Waals surface area contributed by atoms with Crippen LogP contribution in [0.25, 0.3) is 0 Å². The molecule has 28 heavy (non-hydrogen) atoms. The maximum Gasteiger partial charge on any atom is 0.224 e. The standard InChI is InChI=1S/C23H30N2O3/c1-4-25(5-2)20(19-9-6-17(3)7-10-19)16-24-23(26)15-18-8-11-21-22(14-18)28-13-12-27-21/h6-11,14,20H,4-5,12-13,15-16H2,1-3H3,(H,24,26). The second kappa shape index (κ2) is 9.60. The number of rotatable bonds is 8. The maximum atomic E-state index is 12.6. The molecule has 0 aromatic heterocycles. The molecular formula is C23H30N2O3. The van der Waals surface area contributed by atoms with Crippen molar-refractivity contribution in [2.24, 2.45) is 0 Å². The molecule has 0 radical (unpaired) electrons. The van der Waals surface area contributed by atoms with E-state index in [1.54, 1.807) is 0 Å². The van der Waals surface area contributed by atoms with Crippen molar-refractivity contribution in [2.45, 2.75) is 33.2 Å². The number of ether oxygens (including phenoxy) is 2. The topological polar surface area (TPSA) is 50.8 Å². The number of benzene rings is 2. The third-order valence-electron chi connectivity index (χ3n) is 5.18. The Morgan fingerprint density at radius 3 is 2.39 bits per heavy atom. The monoisotopic (exact) mass is 382 g/mol. The van der Waals surface area contributed by atoms with Gasteiger partial charge in [-0.3, -0.25) is 9.69 Å². The Bertz CT molecular complexity index is 785. The number of nitrogens with one attached hydrogen (secondary N) is 1. The van der Waals surface area contributed by atoms with Gasteiger partial charge in [0.25, 0.3) is 0 Å². The Morgan fingerprint density at radius 2 is 1.71 bits per heavy atom. The van der Waals surface area contributed by atoms with E-state index in [-0.39, 0.29) is 11.9 Å². The second-order valence-electron chi connectivity index (χ2n) is 7.11. The fourth-order valence-corrected chi connectivity index (χ4v) is 3.57. The quantitative estimate of drug-likeness (QED) is 0.759. The van der Waals surface area contributed by atoms with Crippen LogP contribution in [0.3, 0.4) is 0 Å². The summed E-state index contributed by atoms with van der Waals surface area (Å²) in [5, 5.41) is 3.12. The molecule has 1 aliphatic heterocycles. The third kappa shape index (κ3) is 5.04. The molecule has 1 atom stereocenters. The van der Waals surface area contributed by atoms with Crippen molar-refractivity contribution in [2.75, 3.05) is 32.8 Å². The zero-order chi connectivity index (χ0) is 19.9. The molecule has 150 valence electrons. The Morgan fingerprint density at radius 1 is 1.04 bits per heavy atom. The minimum atomic E-state index is 0.0148. The van der Waals surface area contributed by atoms with Crippen molar-refractivity contribution in [3.05, 3.63) is 59.2 Å². The summed E-state index contributed by atoms with van der Waals surface area (Å²) in [6.45, 7) is 9.98. The third-order valence-corrected chi connectivity index (χ3v) is 5.18. The predicted molar refractivity (Wildman–Crippen MR) is 111 cm³/mol. The van der Waals surface area contributed by atoms with E-state index in [1.807, 2.05) is 18.2 Å². The fourth-order valence-electron chi connectivity index (χ4n) is 3.57. The first-order valence-corrected chi connectivity index (χ1v) is 10.1. The number of hydrogen-bond donors (Lipinski definition) is 1. The van der Waals surface area contributed by atoms with E-state index in [4.69, 9.17) is 9.47 Å². The van der Waals surface area contributed by atoms with Crippen LogP contribution in [0.2, 0.25) is 0 Å². The second-order valence-corrected chi connectivity index (χ2v) is 7.11. The first kappa shape index (κ1) is 20.2. The molecular weight excluding hydrogens is 352 g/mol. The number of carbonyl (C=O) groups is 1. The predicted octanol–water partition coefficient (Wildman–Crippen LogP) is 3.51. The van der Waals surface area contributed by atoms with E-state index >= 15 is 0 Å². The summed E-state index contributed by atoms with van der Waals surface area (Å²) in [5.41, 5.74) is 3.40. The van der Waals surface area contributed by atoms with Gasteiger partial charge in [-0.25, -0.2) is 0 Å². The first-order chi connectivity index (χ1) is 13.6. The summed E-state index contributed by atoms with van der Waals surface area (Å²) < 4.78 is 11.1.